The lowest BCUT2D eigenvalue weighted by molar-refractivity contribution is -0.137. The molecule has 1 heterocycles. The second-order valence-electron chi connectivity index (χ2n) is 5.65. The molecule has 21 heavy (non-hydrogen) atoms. The number of hydrogen-bond donors (Lipinski definition) is 1. The average molecular weight is 300 g/mol. The van der Waals surface area contributed by atoms with E-state index >= 15 is 0 Å². The van der Waals surface area contributed by atoms with Crippen LogP contribution >= 0.6 is 0 Å². The largest absolute Gasteiger partial charge is 0.416 e. The molecule has 0 atom stereocenters. The summed E-state index contributed by atoms with van der Waals surface area (Å²) in [7, 11) is 0. The van der Waals surface area contributed by atoms with E-state index in [4.69, 9.17) is 0 Å². The predicted octanol–water partition coefficient (Wildman–Crippen LogP) is 3.67. The molecule has 2 nitrogen and oxygen atoms in total. The molecule has 0 amide bonds. The van der Waals surface area contributed by atoms with Crippen LogP contribution in [0.25, 0.3) is 0 Å². The minimum absolute atomic E-state index is 0.473. The summed E-state index contributed by atoms with van der Waals surface area (Å²) in [6.45, 7) is 5.63. The highest BCUT2D eigenvalue weighted by Gasteiger charge is 2.30. The summed E-state index contributed by atoms with van der Waals surface area (Å²) >= 11 is 0. The lowest BCUT2D eigenvalue weighted by Crippen LogP contribution is -2.43. The number of rotatable bonds is 5. The summed E-state index contributed by atoms with van der Waals surface area (Å²) in [5, 5.41) is 3.33. The Bertz CT molecular complexity index is 439. The molecule has 0 radical (unpaired) electrons. The molecule has 0 saturated carbocycles. The molecule has 0 aromatic heterocycles. The quantitative estimate of drug-likeness (QED) is 0.892. The Labute approximate surface area is 124 Å². The number of halogens is 3. The first-order valence-corrected chi connectivity index (χ1v) is 7.61. The smallest absolute Gasteiger partial charge is 0.317 e. The van der Waals surface area contributed by atoms with Crippen molar-refractivity contribution in [1.82, 2.24) is 10.2 Å². The minimum atomic E-state index is -4.26. The van der Waals surface area contributed by atoms with Gasteiger partial charge in [0.05, 0.1) is 5.56 Å². The fourth-order valence-corrected chi connectivity index (χ4v) is 2.93. The Morgan fingerprint density at radius 1 is 1.24 bits per heavy atom. The number of piperidine rings is 1. The highest BCUT2D eigenvalue weighted by atomic mass is 19.4. The van der Waals surface area contributed by atoms with Gasteiger partial charge in [0, 0.05) is 12.6 Å². The number of nitrogens with one attached hydrogen (secondary N) is 1. The van der Waals surface area contributed by atoms with E-state index in [1.165, 1.54) is 12.1 Å². The van der Waals surface area contributed by atoms with Crippen molar-refractivity contribution >= 4 is 0 Å². The van der Waals surface area contributed by atoms with Crippen molar-refractivity contribution < 1.29 is 13.2 Å². The van der Waals surface area contributed by atoms with Gasteiger partial charge in [-0.3, -0.25) is 4.90 Å². The molecule has 1 fully saturated rings. The molecule has 0 unspecified atom stereocenters. The first-order chi connectivity index (χ1) is 10.0. The molecule has 1 aromatic carbocycles. The second kappa shape index (κ2) is 7.27. The molecule has 0 aliphatic carbocycles. The third-order valence-corrected chi connectivity index (χ3v) is 3.98. The standard InChI is InChI=1S/C16H23F3N2/c1-2-10-21(15-6-8-20-9-7-15)12-13-4-3-5-14(11-13)16(17,18)19/h3-5,11,15,20H,2,6-10,12H2,1H3. The van der Waals surface area contributed by atoms with Gasteiger partial charge in [-0.15, -0.1) is 0 Å². The number of nitrogens with zero attached hydrogens (tertiary/aromatic N) is 1. The van der Waals surface area contributed by atoms with Crippen molar-refractivity contribution in [2.75, 3.05) is 19.6 Å². The highest BCUT2D eigenvalue weighted by Crippen LogP contribution is 2.30. The minimum Gasteiger partial charge on any atom is -0.317 e. The second-order valence-corrected chi connectivity index (χ2v) is 5.65. The topological polar surface area (TPSA) is 15.3 Å². The molecule has 118 valence electrons. The monoisotopic (exact) mass is 300 g/mol. The highest BCUT2D eigenvalue weighted by molar-refractivity contribution is 5.25. The van der Waals surface area contributed by atoms with Crippen molar-refractivity contribution in [2.45, 2.75) is 44.9 Å². The van der Waals surface area contributed by atoms with E-state index in [-0.39, 0.29) is 0 Å². The fourth-order valence-electron chi connectivity index (χ4n) is 2.93. The summed E-state index contributed by atoms with van der Waals surface area (Å²) in [6, 6.07) is 6.19. The molecule has 2 rings (SSSR count). The molecule has 1 saturated heterocycles. The Kier molecular flexibility index (Phi) is 5.65. The van der Waals surface area contributed by atoms with Gasteiger partial charge in [-0.25, -0.2) is 0 Å². The molecule has 1 aliphatic heterocycles. The lowest BCUT2D eigenvalue weighted by atomic mass is 10.0. The Morgan fingerprint density at radius 2 is 1.95 bits per heavy atom. The zero-order valence-corrected chi connectivity index (χ0v) is 12.4. The van der Waals surface area contributed by atoms with Crippen LogP contribution in [0.1, 0.15) is 37.3 Å². The van der Waals surface area contributed by atoms with Gasteiger partial charge in [0.15, 0.2) is 0 Å². The predicted molar refractivity (Wildman–Crippen MR) is 78.0 cm³/mol. The maximum absolute atomic E-state index is 12.8. The summed E-state index contributed by atoms with van der Waals surface area (Å²) in [6.07, 6.45) is -1.11. The van der Waals surface area contributed by atoms with E-state index in [9.17, 15) is 13.2 Å². The van der Waals surface area contributed by atoms with Crippen LogP contribution in [0.5, 0.6) is 0 Å². The normalized spacial score (nSPS) is 17.4. The van der Waals surface area contributed by atoms with Gasteiger partial charge in [-0.05, 0) is 50.5 Å². The van der Waals surface area contributed by atoms with Crippen LogP contribution in [0.4, 0.5) is 13.2 Å². The van der Waals surface area contributed by atoms with Crippen molar-refractivity contribution in [3.8, 4) is 0 Å². The Balaban J connectivity index is 2.09. The van der Waals surface area contributed by atoms with E-state index in [1.807, 2.05) is 0 Å². The molecule has 1 N–H and O–H groups in total. The number of benzene rings is 1. The van der Waals surface area contributed by atoms with Crippen molar-refractivity contribution in [3.63, 3.8) is 0 Å². The van der Waals surface area contributed by atoms with Gasteiger partial charge in [-0.1, -0.05) is 25.1 Å². The Hall–Kier alpha value is -1.07. The molecular weight excluding hydrogens is 277 g/mol. The average Bonchev–Trinajstić information content (AvgIpc) is 2.47. The maximum atomic E-state index is 12.8. The van der Waals surface area contributed by atoms with E-state index in [0.717, 1.165) is 50.5 Å². The maximum Gasteiger partial charge on any atom is 0.416 e. The molecular formula is C16H23F3N2. The molecule has 0 spiro atoms. The van der Waals surface area contributed by atoms with Crippen molar-refractivity contribution in [2.24, 2.45) is 0 Å². The first kappa shape index (κ1) is 16.3. The zero-order chi connectivity index (χ0) is 15.3. The van der Waals surface area contributed by atoms with Crippen LogP contribution in [-0.4, -0.2) is 30.6 Å². The Morgan fingerprint density at radius 3 is 2.57 bits per heavy atom. The van der Waals surface area contributed by atoms with Gasteiger partial charge in [0.25, 0.3) is 0 Å². The van der Waals surface area contributed by atoms with Crippen LogP contribution in [0.15, 0.2) is 24.3 Å². The fraction of sp³-hybridized carbons (Fsp3) is 0.625. The number of alkyl halides is 3. The van der Waals surface area contributed by atoms with Gasteiger partial charge in [-0.2, -0.15) is 13.2 Å². The van der Waals surface area contributed by atoms with Gasteiger partial charge < -0.3 is 5.32 Å². The van der Waals surface area contributed by atoms with Crippen LogP contribution in [-0.2, 0) is 12.7 Å². The summed E-state index contributed by atoms with van der Waals surface area (Å²) < 4.78 is 38.4. The first-order valence-electron chi connectivity index (χ1n) is 7.61. The van der Waals surface area contributed by atoms with Gasteiger partial charge >= 0.3 is 6.18 Å². The van der Waals surface area contributed by atoms with Crippen LogP contribution in [0.3, 0.4) is 0 Å². The molecule has 0 bridgehead atoms. The van der Waals surface area contributed by atoms with Crippen molar-refractivity contribution in [3.05, 3.63) is 35.4 Å². The number of hydrogen-bond acceptors (Lipinski definition) is 2. The summed E-state index contributed by atoms with van der Waals surface area (Å²) in [5.41, 5.74) is 0.193. The van der Waals surface area contributed by atoms with Gasteiger partial charge in [0.2, 0.25) is 0 Å². The summed E-state index contributed by atoms with van der Waals surface area (Å²) in [5.74, 6) is 0. The zero-order valence-electron chi connectivity index (χ0n) is 12.4. The molecule has 5 heteroatoms. The van der Waals surface area contributed by atoms with E-state index in [2.05, 4.69) is 17.1 Å². The molecule has 1 aromatic rings. The van der Waals surface area contributed by atoms with Crippen molar-refractivity contribution in [1.29, 1.82) is 0 Å². The van der Waals surface area contributed by atoms with Crippen LogP contribution in [0.2, 0.25) is 0 Å². The lowest BCUT2D eigenvalue weighted by Gasteiger charge is -2.34. The van der Waals surface area contributed by atoms with E-state index in [1.54, 1.807) is 6.07 Å². The molecule has 1 aliphatic rings. The van der Waals surface area contributed by atoms with Gasteiger partial charge in [0.1, 0.15) is 0 Å². The summed E-state index contributed by atoms with van der Waals surface area (Å²) in [4.78, 5) is 2.33. The third kappa shape index (κ3) is 4.71. The van der Waals surface area contributed by atoms with E-state index in [0.29, 0.717) is 12.6 Å². The third-order valence-electron chi connectivity index (χ3n) is 3.98. The van der Waals surface area contributed by atoms with E-state index < -0.39 is 11.7 Å². The SMILES string of the molecule is CCCN(Cc1cccc(C(F)(F)F)c1)C1CCNCC1. The van der Waals surface area contributed by atoms with Crippen LogP contribution in [0, 0.1) is 0 Å². The van der Waals surface area contributed by atoms with Crippen LogP contribution < -0.4 is 5.32 Å².